The Morgan fingerprint density at radius 3 is 2.00 bits per heavy atom. The van der Waals surface area contributed by atoms with E-state index in [9.17, 15) is 14.7 Å². The first-order chi connectivity index (χ1) is 10.5. The van der Waals surface area contributed by atoms with Crippen LogP contribution in [-0.4, -0.2) is 30.1 Å². The molecule has 0 aliphatic rings. The van der Waals surface area contributed by atoms with Crippen molar-refractivity contribution in [2.75, 3.05) is 7.11 Å². The molecule has 0 aliphatic carbocycles. The van der Waals surface area contributed by atoms with Crippen LogP contribution in [0, 0.1) is 0 Å². The van der Waals surface area contributed by atoms with Crippen molar-refractivity contribution in [1.82, 2.24) is 0 Å². The Kier molecular flexibility index (Phi) is 4.70. The van der Waals surface area contributed by atoms with Gasteiger partial charge < -0.3 is 15.6 Å². The van der Waals surface area contributed by atoms with Gasteiger partial charge in [0.05, 0.1) is 0 Å². The number of nitrogens with two attached hydrogens (primary N) is 1. The van der Waals surface area contributed by atoms with Crippen molar-refractivity contribution in [3.63, 3.8) is 0 Å². The van der Waals surface area contributed by atoms with Gasteiger partial charge in [-0.2, -0.15) is 0 Å². The van der Waals surface area contributed by atoms with Crippen LogP contribution in [0.5, 0.6) is 0 Å². The zero-order valence-electron chi connectivity index (χ0n) is 12.1. The van der Waals surface area contributed by atoms with Crippen molar-refractivity contribution in [3.05, 3.63) is 71.8 Å². The lowest BCUT2D eigenvalue weighted by atomic mass is 9.78. The van der Waals surface area contributed by atoms with Crippen LogP contribution >= 0.6 is 0 Å². The number of hydrogen-bond acceptors (Lipinski definition) is 4. The molecule has 0 aliphatic heterocycles. The average Bonchev–Trinajstić information content (AvgIpc) is 2.55. The van der Waals surface area contributed by atoms with E-state index >= 15 is 0 Å². The third-order valence-corrected chi connectivity index (χ3v) is 3.54. The molecule has 0 bridgehead atoms. The number of benzene rings is 2. The minimum absolute atomic E-state index is 0.331. The summed E-state index contributed by atoms with van der Waals surface area (Å²) < 4.78 is 5.03. The quantitative estimate of drug-likeness (QED) is 0.794. The highest BCUT2D eigenvalue weighted by atomic mass is 16.5. The normalized spacial score (nSPS) is 14.8. The summed E-state index contributed by atoms with van der Waals surface area (Å²) in [5.74, 6) is -1.80. The molecule has 0 radical (unpaired) electrons. The number of carbonyl (C=O) groups is 2. The molecule has 0 saturated carbocycles. The van der Waals surface area contributed by atoms with Crippen LogP contribution < -0.4 is 5.73 Å². The summed E-state index contributed by atoms with van der Waals surface area (Å²) in [6, 6.07) is 16.8. The van der Waals surface area contributed by atoms with E-state index in [0.717, 1.165) is 0 Å². The van der Waals surface area contributed by atoms with Gasteiger partial charge in [-0.1, -0.05) is 60.7 Å². The molecule has 0 aromatic heterocycles. The molecule has 2 aromatic carbocycles. The van der Waals surface area contributed by atoms with Gasteiger partial charge in [-0.25, -0.2) is 4.79 Å². The highest BCUT2D eigenvalue weighted by Gasteiger charge is 2.48. The van der Waals surface area contributed by atoms with Crippen molar-refractivity contribution in [2.45, 2.75) is 11.6 Å². The Balaban J connectivity index is 2.60. The predicted octanol–water partition coefficient (Wildman–Crippen LogP) is 1.82. The molecule has 114 valence electrons. The molecule has 2 unspecified atom stereocenters. The average molecular weight is 299 g/mol. The summed E-state index contributed by atoms with van der Waals surface area (Å²) in [4.78, 5) is 24.4. The highest BCUT2D eigenvalue weighted by molar-refractivity contribution is 6.06. The van der Waals surface area contributed by atoms with E-state index in [1.807, 2.05) is 0 Å². The van der Waals surface area contributed by atoms with Gasteiger partial charge in [0.2, 0.25) is 0 Å². The number of carboxylic acid groups (broad SMARTS) is 1. The third-order valence-electron chi connectivity index (χ3n) is 3.54. The number of Topliss-reactive ketones (excluding diaryl/α,β-unsaturated/α-hetero) is 1. The molecule has 3 N–H and O–H groups in total. The van der Waals surface area contributed by atoms with Crippen LogP contribution in [0.3, 0.4) is 0 Å². The van der Waals surface area contributed by atoms with Gasteiger partial charge in [0.25, 0.3) is 0 Å². The lowest BCUT2D eigenvalue weighted by molar-refractivity contribution is -0.152. The van der Waals surface area contributed by atoms with Crippen molar-refractivity contribution in [2.24, 2.45) is 5.73 Å². The van der Waals surface area contributed by atoms with E-state index in [1.54, 1.807) is 60.7 Å². The number of carbonyl (C=O) groups excluding carboxylic acids is 1. The lowest BCUT2D eigenvalue weighted by Gasteiger charge is -2.33. The second kappa shape index (κ2) is 6.51. The minimum Gasteiger partial charge on any atom is -0.479 e. The van der Waals surface area contributed by atoms with Gasteiger partial charge in [-0.05, 0) is 5.56 Å². The SMILES string of the molecule is COC(C(=O)O)C(N)(C(=O)c1ccccc1)c1ccccc1. The Morgan fingerprint density at radius 1 is 1.05 bits per heavy atom. The summed E-state index contributed by atoms with van der Waals surface area (Å²) in [6.07, 6.45) is -1.50. The molecule has 2 rings (SSSR count). The molecule has 2 atom stereocenters. The third kappa shape index (κ3) is 2.77. The van der Waals surface area contributed by atoms with Crippen molar-refractivity contribution in [3.8, 4) is 0 Å². The summed E-state index contributed by atoms with van der Waals surface area (Å²) in [6.45, 7) is 0. The van der Waals surface area contributed by atoms with Crippen molar-refractivity contribution < 1.29 is 19.4 Å². The van der Waals surface area contributed by atoms with Crippen LogP contribution in [0.4, 0.5) is 0 Å². The zero-order valence-corrected chi connectivity index (χ0v) is 12.1. The standard InChI is InChI=1S/C17H17NO4/c1-22-15(16(20)21)17(18,13-10-6-3-7-11-13)14(19)12-8-4-2-5-9-12/h2-11,15H,18H2,1H3,(H,20,21). The van der Waals surface area contributed by atoms with Gasteiger partial charge in [-0.3, -0.25) is 4.79 Å². The van der Waals surface area contributed by atoms with E-state index in [2.05, 4.69) is 0 Å². The topological polar surface area (TPSA) is 89.6 Å². The number of ether oxygens (including phenoxy) is 1. The molecular weight excluding hydrogens is 282 g/mol. The monoisotopic (exact) mass is 299 g/mol. The molecule has 22 heavy (non-hydrogen) atoms. The smallest absolute Gasteiger partial charge is 0.335 e. The Bertz CT molecular complexity index is 657. The van der Waals surface area contributed by atoms with Crippen LogP contribution in [0.2, 0.25) is 0 Å². The van der Waals surface area contributed by atoms with Crippen molar-refractivity contribution in [1.29, 1.82) is 0 Å². The number of methoxy groups -OCH3 is 1. The van der Waals surface area contributed by atoms with E-state index in [-0.39, 0.29) is 0 Å². The molecular formula is C17H17NO4. The molecule has 5 nitrogen and oxygen atoms in total. The lowest BCUT2D eigenvalue weighted by Crippen LogP contribution is -2.58. The van der Waals surface area contributed by atoms with Crippen LogP contribution in [0.25, 0.3) is 0 Å². The number of carboxylic acids is 1. The molecule has 0 amide bonds. The Hall–Kier alpha value is -2.50. The molecule has 2 aromatic rings. The van der Waals surface area contributed by atoms with Crippen LogP contribution in [-0.2, 0) is 15.1 Å². The summed E-state index contributed by atoms with van der Waals surface area (Å²) in [5, 5.41) is 9.41. The number of aliphatic carboxylic acids is 1. The van der Waals surface area contributed by atoms with Gasteiger partial charge in [-0.15, -0.1) is 0 Å². The summed E-state index contributed by atoms with van der Waals surface area (Å²) in [7, 11) is 1.22. The predicted molar refractivity (Wildman–Crippen MR) is 81.5 cm³/mol. The number of hydrogen-bond donors (Lipinski definition) is 2. The zero-order chi connectivity index (χ0) is 16.2. The van der Waals surface area contributed by atoms with Crippen LogP contribution in [0.1, 0.15) is 15.9 Å². The number of ketones is 1. The molecule has 0 saturated heterocycles. The first-order valence-electron chi connectivity index (χ1n) is 6.71. The fraction of sp³-hybridized carbons (Fsp3) is 0.176. The first-order valence-corrected chi connectivity index (χ1v) is 6.71. The summed E-state index contributed by atoms with van der Waals surface area (Å²) in [5.41, 5.74) is 5.20. The van der Waals surface area contributed by atoms with Gasteiger partial charge >= 0.3 is 5.97 Å². The summed E-state index contributed by atoms with van der Waals surface area (Å²) >= 11 is 0. The Morgan fingerprint density at radius 2 is 1.55 bits per heavy atom. The maximum absolute atomic E-state index is 12.9. The van der Waals surface area contributed by atoms with Gasteiger partial charge in [0, 0.05) is 12.7 Å². The van der Waals surface area contributed by atoms with E-state index in [0.29, 0.717) is 11.1 Å². The highest BCUT2D eigenvalue weighted by Crippen LogP contribution is 2.29. The van der Waals surface area contributed by atoms with Gasteiger partial charge in [0.1, 0.15) is 5.54 Å². The fourth-order valence-electron chi connectivity index (χ4n) is 2.43. The second-order valence-electron chi connectivity index (χ2n) is 4.88. The molecule has 5 heteroatoms. The van der Waals surface area contributed by atoms with Gasteiger partial charge in [0.15, 0.2) is 11.9 Å². The maximum Gasteiger partial charge on any atom is 0.335 e. The molecule has 0 fully saturated rings. The largest absolute Gasteiger partial charge is 0.479 e. The maximum atomic E-state index is 12.9. The van der Waals surface area contributed by atoms with Crippen molar-refractivity contribution >= 4 is 11.8 Å². The molecule has 0 spiro atoms. The first kappa shape index (κ1) is 15.9. The second-order valence-corrected chi connectivity index (χ2v) is 4.88. The minimum atomic E-state index is -1.82. The van der Waals surface area contributed by atoms with E-state index < -0.39 is 23.4 Å². The Labute approximate surface area is 128 Å². The molecule has 0 heterocycles. The van der Waals surface area contributed by atoms with E-state index in [4.69, 9.17) is 10.5 Å². The fourth-order valence-corrected chi connectivity index (χ4v) is 2.43. The van der Waals surface area contributed by atoms with E-state index in [1.165, 1.54) is 7.11 Å². The number of rotatable bonds is 6. The van der Waals surface area contributed by atoms with Crippen LogP contribution in [0.15, 0.2) is 60.7 Å².